The second-order valence-corrected chi connectivity index (χ2v) is 7.49. The van der Waals surface area contributed by atoms with Gasteiger partial charge in [0.25, 0.3) is 0 Å². The van der Waals surface area contributed by atoms with E-state index >= 15 is 0 Å². The van der Waals surface area contributed by atoms with Crippen LogP contribution in [0.15, 0.2) is 48.5 Å². The summed E-state index contributed by atoms with van der Waals surface area (Å²) in [5.41, 5.74) is 3.99. The molecule has 0 spiro atoms. The Kier molecular flexibility index (Phi) is 8.01. The molecule has 0 radical (unpaired) electrons. The van der Waals surface area contributed by atoms with Crippen molar-refractivity contribution in [3.05, 3.63) is 65.2 Å². The number of carbonyl (C=O) groups is 1. The molecule has 1 heterocycles. The van der Waals surface area contributed by atoms with Crippen LogP contribution in [0.5, 0.6) is 5.75 Å². The van der Waals surface area contributed by atoms with E-state index in [1.165, 1.54) is 30.7 Å². The lowest BCUT2D eigenvalue weighted by atomic mass is 10.0. The lowest BCUT2D eigenvalue weighted by Gasteiger charge is -2.19. The van der Waals surface area contributed by atoms with Gasteiger partial charge in [-0.3, -0.25) is 4.79 Å². The number of para-hydroxylation sites is 1. The second-order valence-electron chi connectivity index (χ2n) is 6.28. The van der Waals surface area contributed by atoms with Crippen molar-refractivity contribution < 1.29 is 14.3 Å². The first kappa shape index (κ1) is 20.3. The number of fused-ring (bicyclic) bond motifs is 2. The number of thioether (sulfide) groups is 1. The summed E-state index contributed by atoms with van der Waals surface area (Å²) < 4.78 is 10.1. The van der Waals surface area contributed by atoms with Crippen molar-refractivity contribution in [3.8, 4) is 5.75 Å². The lowest BCUT2D eigenvalue weighted by molar-refractivity contribution is -0.137. The highest BCUT2D eigenvalue weighted by Crippen LogP contribution is 2.43. The van der Waals surface area contributed by atoms with Gasteiger partial charge in [0.15, 0.2) is 0 Å². The molecule has 1 aliphatic rings. The predicted octanol–water partition coefficient (Wildman–Crippen LogP) is 4.14. The van der Waals surface area contributed by atoms with E-state index in [1.807, 2.05) is 11.8 Å². The molecule has 3 rings (SSSR count). The van der Waals surface area contributed by atoms with E-state index in [0.717, 1.165) is 18.0 Å². The van der Waals surface area contributed by atoms with Gasteiger partial charge < -0.3 is 14.4 Å². The first-order chi connectivity index (χ1) is 12.5. The van der Waals surface area contributed by atoms with Gasteiger partial charge in [-0.15, -0.1) is 11.8 Å². The third-order valence-electron chi connectivity index (χ3n) is 4.03. The molecule has 140 valence electrons. The molecule has 0 aromatic heterocycles. The Morgan fingerprint density at radius 2 is 1.77 bits per heavy atom. The SMILES string of the molecule is CN(C)CCSC1c2ccccc2COc2ccccc21.COC(C)=O. The van der Waals surface area contributed by atoms with Crippen molar-refractivity contribution in [1.29, 1.82) is 0 Å². The summed E-state index contributed by atoms with van der Waals surface area (Å²) in [7, 11) is 5.60. The van der Waals surface area contributed by atoms with Crippen molar-refractivity contribution in [2.75, 3.05) is 33.5 Å². The molecular weight excluding hydrogens is 346 g/mol. The molecule has 0 amide bonds. The molecule has 0 N–H and O–H groups in total. The zero-order valence-electron chi connectivity index (χ0n) is 15.9. The Morgan fingerprint density at radius 1 is 1.15 bits per heavy atom. The molecule has 1 unspecified atom stereocenters. The minimum Gasteiger partial charge on any atom is -0.489 e. The van der Waals surface area contributed by atoms with Crippen LogP contribution in [0.3, 0.4) is 0 Å². The van der Waals surface area contributed by atoms with Crippen molar-refractivity contribution >= 4 is 17.7 Å². The van der Waals surface area contributed by atoms with E-state index < -0.39 is 0 Å². The maximum Gasteiger partial charge on any atom is 0.302 e. The van der Waals surface area contributed by atoms with Crippen LogP contribution in [0.1, 0.15) is 28.9 Å². The Morgan fingerprint density at radius 3 is 2.42 bits per heavy atom. The molecule has 1 atom stereocenters. The monoisotopic (exact) mass is 373 g/mol. The predicted molar refractivity (Wildman–Crippen MR) is 108 cm³/mol. The van der Waals surface area contributed by atoms with E-state index in [1.54, 1.807) is 0 Å². The topological polar surface area (TPSA) is 38.8 Å². The molecule has 4 nitrogen and oxygen atoms in total. The first-order valence-electron chi connectivity index (χ1n) is 8.63. The van der Waals surface area contributed by atoms with Gasteiger partial charge in [-0.05, 0) is 31.3 Å². The van der Waals surface area contributed by atoms with E-state index in [2.05, 4.69) is 72.3 Å². The number of ether oxygens (including phenoxy) is 2. The average molecular weight is 374 g/mol. The summed E-state index contributed by atoms with van der Waals surface area (Å²) in [5, 5.41) is 0.361. The van der Waals surface area contributed by atoms with Crippen molar-refractivity contribution in [2.45, 2.75) is 18.8 Å². The Hall–Kier alpha value is -1.98. The van der Waals surface area contributed by atoms with Gasteiger partial charge in [0.2, 0.25) is 0 Å². The Labute approximate surface area is 160 Å². The van der Waals surface area contributed by atoms with Gasteiger partial charge in [-0.1, -0.05) is 42.5 Å². The van der Waals surface area contributed by atoms with Crippen molar-refractivity contribution in [2.24, 2.45) is 0 Å². The number of esters is 1. The molecule has 0 bridgehead atoms. The summed E-state index contributed by atoms with van der Waals surface area (Å²) in [6.45, 7) is 3.12. The fraction of sp³-hybridized carbons (Fsp3) is 0.381. The fourth-order valence-electron chi connectivity index (χ4n) is 2.61. The maximum atomic E-state index is 9.59. The van der Waals surface area contributed by atoms with E-state index in [0.29, 0.717) is 11.9 Å². The van der Waals surface area contributed by atoms with Crippen molar-refractivity contribution in [3.63, 3.8) is 0 Å². The molecule has 0 saturated heterocycles. The quantitative estimate of drug-likeness (QED) is 0.753. The van der Waals surface area contributed by atoms with Crippen LogP contribution < -0.4 is 4.74 Å². The summed E-state index contributed by atoms with van der Waals surface area (Å²) >= 11 is 2.00. The summed E-state index contributed by atoms with van der Waals surface area (Å²) in [6, 6.07) is 17.1. The van der Waals surface area contributed by atoms with Crippen LogP contribution in [-0.2, 0) is 16.1 Å². The Balaban J connectivity index is 0.000000431. The molecule has 2 aromatic rings. The van der Waals surface area contributed by atoms with Gasteiger partial charge in [0.1, 0.15) is 12.4 Å². The van der Waals surface area contributed by atoms with Crippen LogP contribution in [0.25, 0.3) is 0 Å². The number of hydrogen-bond donors (Lipinski definition) is 0. The van der Waals surface area contributed by atoms with Gasteiger partial charge in [-0.2, -0.15) is 0 Å². The number of rotatable bonds is 4. The molecule has 0 aliphatic carbocycles. The molecule has 1 aliphatic heterocycles. The normalized spacial score (nSPS) is 14.9. The van der Waals surface area contributed by atoms with Gasteiger partial charge in [0.05, 0.1) is 12.4 Å². The maximum absolute atomic E-state index is 9.59. The van der Waals surface area contributed by atoms with Crippen LogP contribution in [0.2, 0.25) is 0 Å². The lowest BCUT2D eigenvalue weighted by Crippen LogP contribution is -2.15. The average Bonchev–Trinajstić information content (AvgIpc) is 2.80. The van der Waals surface area contributed by atoms with Gasteiger partial charge in [0, 0.05) is 24.8 Å². The van der Waals surface area contributed by atoms with Crippen LogP contribution in [0, 0.1) is 0 Å². The van der Waals surface area contributed by atoms with Gasteiger partial charge >= 0.3 is 5.97 Å². The highest BCUT2D eigenvalue weighted by Gasteiger charge is 2.24. The fourth-order valence-corrected chi connectivity index (χ4v) is 4.10. The minimum absolute atomic E-state index is 0.245. The van der Waals surface area contributed by atoms with Crippen LogP contribution in [0.4, 0.5) is 0 Å². The summed E-state index contributed by atoms with van der Waals surface area (Å²) in [5.74, 6) is 1.89. The highest BCUT2D eigenvalue weighted by atomic mass is 32.2. The largest absolute Gasteiger partial charge is 0.489 e. The number of hydrogen-bond acceptors (Lipinski definition) is 5. The third kappa shape index (κ3) is 5.78. The number of carbonyl (C=O) groups excluding carboxylic acids is 1. The summed E-state index contributed by atoms with van der Waals surface area (Å²) in [6.07, 6.45) is 0. The minimum atomic E-state index is -0.245. The number of nitrogens with zero attached hydrogens (tertiary/aromatic N) is 1. The van der Waals surface area contributed by atoms with Crippen LogP contribution in [-0.4, -0.2) is 44.4 Å². The second kappa shape index (κ2) is 10.2. The van der Waals surface area contributed by atoms with Gasteiger partial charge in [-0.25, -0.2) is 0 Å². The molecule has 0 fully saturated rings. The molecule has 0 saturated carbocycles. The smallest absolute Gasteiger partial charge is 0.302 e. The number of benzene rings is 2. The number of methoxy groups -OCH3 is 1. The zero-order valence-corrected chi connectivity index (χ0v) is 16.7. The van der Waals surface area contributed by atoms with E-state index in [4.69, 9.17) is 4.74 Å². The zero-order chi connectivity index (χ0) is 18.9. The molecule has 2 aromatic carbocycles. The summed E-state index contributed by atoms with van der Waals surface area (Å²) in [4.78, 5) is 11.8. The van der Waals surface area contributed by atoms with Crippen LogP contribution >= 0.6 is 11.8 Å². The third-order valence-corrected chi connectivity index (χ3v) is 5.29. The first-order valence-corrected chi connectivity index (χ1v) is 9.68. The van der Waals surface area contributed by atoms with Crippen molar-refractivity contribution in [1.82, 2.24) is 4.90 Å². The molecule has 26 heavy (non-hydrogen) atoms. The van der Waals surface area contributed by atoms with E-state index in [9.17, 15) is 4.79 Å². The Bertz CT molecular complexity index is 670. The van der Waals surface area contributed by atoms with E-state index in [-0.39, 0.29) is 5.97 Å². The molecule has 5 heteroatoms. The standard InChI is InChI=1S/C18H21NOS.C3H6O2/c1-19(2)11-12-21-18-15-8-4-3-7-14(15)13-20-17-10-6-5-9-16(17)18;1-3(4)5-2/h3-10,18H,11-13H2,1-2H3;1-2H3. The highest BCUT2D eigenvalue weighted by molar-refractivity contribution is 7.99. The molecular formula is C21H27NO3S.